The molecule has 2 aliphatic carbocycles. The van der Waals surface area contributed by atoms with Gasteiger partial charge in [-0.05, 0) is 54.7 Å². The normalized spacial score (nSPS) is 28.3. The topological polar surface area (TPSA) is 181 Å². The minimum Gasteiger partial charge on any atom is -0.450 e. The third kappa shape index (κ3) is 7.71. The molecule has 6 rings (SSSR count). The van der Waals surface area contributed by atoms with E-state index in [0.29, 0.717) is 38.6 Å². The number of fused-ring (bicyclic) bond motifs is 3. The number of rotatable bonds is 6. The Labute approximate surface area is 298 Å². The van der Waals surface area contributed by atoms with Crippen LogP contribution in [0.5, 0.6) is 0 Å². The summed E-state index contributed by atoms with van der Waals surface area (Å²) in [5.74, 6) is 3.62. The Kier molecular flexibility index (Phi) is 9.84. The smallest absolute Gasteiger partial charge is 0.410 e. The maximum atomic E-state index is 14.3. The van der Waals surface area contributed by atoms with E-state index < -0.39 is 80.2 Å². The fourth-order valence-electron chi connectivity index (χ4n) is 6.89. The molecular formula is C36H45N5O9S. The lowest BCUT2D eigenvalue weighted by molar-refractivity contribution is -0.142. The fraction of sp³-hybridized carbons (Fsp3) is 0.583. The molecule has 3 fully saturated rings. The highest BCUT2D eigenvalue weighted by molar-refractivity contribution is 7.91. The van der Waals surface area contributed by atoms with Crippen molar-refractivity contribution in [1.29, 1.82) is 0 Å². The van der Waals surface area contributed by atoms with Crippen molar-refractivity contribution >= 4 is 39.9 Å². The number of nitrogens with one attached hydrogen (secondary N) is 3. The first-order valence-corrected chi connectivity index (χ1v) is 19.0. The van der Waals surface area contributed by atoms with Gasteiger partial charge >= 0.3 is 12.2 Å². The minimum atomic E-state index is -3.91. The Morgan fingerprint density at radius 1 is 1.14 bits per heavy atom. The SMILES string of the molecule is C=C[C@@H]1C[C@]1(NC(=O)[C@@H]1C[C@@H]2CN1C(=O)[C@H](C(C)(C)C)NC(=O)OCCCCC#Cc1cccc3c1CN(C3)C(=O)O2)C(=O)NS(=O)(=O)C1CC1. The van der Waals surface area contributed by atoms with Gasteiger partial charge in [0.05, 0.1) is 24.9 Å². The number of hydrogen-bond acceptors (Lipinski definition) is 9. The molecule has 0 unspecified atom stereocenters. The number of carbonyl (C=O) groups excluding carboxylic acids is 5. The molecule has 14 nitrogen and oxygen atoms in total. The summed E-state index contributed by atoms with van der Waals surface area (Å²) in [6, 6.07) is 3.37. The molecule has 0 radical (unpaired) electrons. The second-order valence-corrected chi connectivity index (χ2v) is 17.0. The largest absolute Gasteiger partial charge is 0.450 e. The highest BCUT2D eigenvalue weighted by Crippen LogP contribution is 2.45. The summed E-state index contributed by atoms with van der Waals surface area (Å²) >= 11 is 0. The zero-order valence-corrected chi connectivity index (χ0v) is 30.0. The molecule has 5 atom stereocenters. The van der Waals surface area contributed by atoms with Gasteiger partial charge in [0.25, 0.3) is 5.91 Å². The van der Waals surface area contributed by atoms with Crippen molar-refractivity contribution in [2.75, 3.05) is 13.2 Å². The van der Waals surface area contributed by atoms with Crippen molar-refractivity contribution < 1.29 is 41.9 Å². The first-order chi connectivity index (χ1) is 24.1. The van der Waals surface area contributed by atoms with Crippen LogP contribution in [-0.2, 0) is 47.0 Å². The van der Waals surface area contributed by atoms with Crippen LogP contribution in [0.4, 0.5) is 9.59 Å². The van der Waals surface area contributed by atoms with Crippen LogP contribution >= 0.6 is 0 Å². The highest BCUT2D eigenvalue weighted by Gasteiger charge is 2.62. The van der Waals surface area contributed by atoms with Gasteiger partial charge in [0.15, 0.2) is 0 Å². The summed E-state index contributed by atoms with van der Waals surface area (Å²) in [6.07, 6.45) is 1.88. The molecule has 3 N–H and O–H groups in total. The average molecular weight is 724 g/mol. The molecule has 4 bridgehead atoms. The Hall–Kier alpha value is -4.58. The second kappa shape index (κ2) is 13.9. The van der Waals surface area contributed by atoms with E-state index >= 15 is 0 Å². The molecule has 5 aliphatic rings. The molecule has 51 heavy (non-hydrogen) atoms. The molecule has 0 aromatic heterocycles. The van der Waals surface area contributed by atoms with E-state index in [0.717, 1.165) is 16.7 Å². The number of cyclic esters (lactones) is 1. The van der Waals surface area contributed by atoms with Crippen molar-refractivity contribution in [2.24, 2.45) is 11.3 Å². The van der Waals surface area contributed by atoms with Gasteiger partial charge in [0.2, 0.25) is 21.8 Å². The van der Waals surface area contributed by atoms with Crippen LogP contribution in [0.15, 0.2) is 30.9 Å². The molecule has 0 spiro atoms. The number of benzene rings is 1. The van der Waals surface area contributed by atoms with Crippen molar-refractivity contribution in [1.82, 2.24) is 25.2 Å². The van der Waals surface area contributed by atoms with Crippen LogP contribution in [0, 0.1) is 23.2 Å². The van der Waals surface area contributed by atoms with Gasteiger partial charge in [0.1, 0.15) is 23.7 Å². The van der Waals surface area contributed by atoms with Crippen molar-refractivity contribution in [3.63, 3.8) is 0 Å². The summed E-state index contributed by atoms with van der Waals surface area (Å²) in [7, 11) is -3.91. The summed E-state index contributed by atoms with van der Waals surface area (Å²) in [6.45, 7) is 9.56. The summed E-state index contributed by atoms with van der Waals surface area (Å²) in [5, 5.41) is 4.75. The van der Waals surface area contributed by atoms with Gasteiger partial charge < -0.3 is 25.0 Å². The summed E-state index contributed by atoms with van der Waals surface area (Å²) in [4.78, 5) is 71.1. The van der Waals surface area contributed by atoms with Crippen LogP contribution in [0.1, 0.15) is 82.4 Å². The van der Waals surface area contributed by atoms with Crippen LogP contribution in [0.3, 0.4) is 0 Å². The minimum absolute atomic E-state index is 0.0982. The molecular weight excluding hydrogens is 678 g/mol. The van der Waals surface area contributed by atoms with Gasteiger partial charge in [-0.2, -0.15) is 0 Å². The molecule has 5 amide bonds. The monoisotopic (exact) mass is 723 g/mol. The quantitative estimate of drug-likeness (QED) is 0.294. The standard InChI is InChI=1S/C36H45N5O9S/c1-5-24-18-36(24,32(44)39-51(47,48)26-14-15-26)38-30(42)28-17-25-20-41(28)31(43)29(35(2,3)4)37-33(45)49-16-9-7-6-8-11-22-12-10-13-23-19-40(21-27(22)23)34(46)50-25/h5,10,12-13,24-26,28-29H,1,6-7,9,14-21H2,2-4H3,(H,37,45)(H,38,42)(H,39,44)/t24-,25-,28+,29-,36-/m1/s1. The van der Waals surface area contributed by atoms with Crippen LogP contribution < -0.4 is 15.4 Å². The van der Waals surface area contributed by atoms with Crippen LogP contribution in [0.25, 0.3) is 0 Å². The number of carbonyl (C=O) groups is 5. The molecule has 3 aliphatic heterocycles. The van der Waals surface area contributed by atoms with Crippen LogP contribution in [-0.4, -0.2) is 90.3 Å². The predicted molar refractivity (Wildman–Crippen MR) is 184 cm³/mol. The zero-order valence-electron chi connectivity index (χ0n) is 29.2. The molecule has 1 saturated heterocycles. The number of ether oxygens (including phenoxy) is 2. The lowest BCUT2D eigenvalue weighted by atomic mass is 9.85. The van der Waals surface area contributed by atoms with E-state index in [4.69, 9.17) is 9.47 Å². The van der Waals surface area contributed by atoms with E-state index in [2.05, 4.69) is 33.8 Å². The van der Waals surface area contributed by atoms with Gasteiger partial charge in [-0.25, -0.2) is 18.0 Å². The molecule has 3 heterocycles. The fourth-order valence-corrected chi connectivity index (χ4v) is 8.26. The lowest BCUT2D eigenvalue weighted by Gasteiger charge is -2.35. The first-order valence-electron chi connectivity index (χ1n) is 17.4. The van der Waals surface area contributed by atoms with Crippen molar-refractivity contribution in [2.45, 2.75) is 108 Å². The molecule has 1 aromatic carbocycles. The Morgan fingerprint density at radius 2 is 1.90 bits per heavy atom. The Balaban J connectivity index is 1.27. The number of amides is 5. The maximum absolute atomic E-state index is 14.3. The first kappa shape index (κ1) is 36.2. The summed E-state index contributed by atoms with van der Waals surface area (Å²) in [5.41, 5.74) is 0.279. The van der Waals surface area contributed by atoms with Crippen LogP contribution in [0.2, 0.25) is 0 Å². The Bertz CT molecular complexity index is 1810. The van der Waals surface area contributed by atoms with Gasteiger partial charge in [-0.15, -0.1) is 6.58 Å². The second-order valence-electron chi connectivity index (χ2n) is 15.1. The maximum Gasteiger partial charge on any atom is 0.410 e. The van der Waals surface area contributed by atoms with Gasteiger partial charge in [-0.1, -0.05) is 50.8 Å². The third-order valence-corrected chi connectivity index (χ3v) is 12.0. The number of hydrogen-bond donors (Lipinski definition) is 3. The number of nitrogens with zero attached hydrogens (tertiary/aromatic N) is 2. The van der Waals surface area contributed by atoms with E-state index in [1.54, 1.807) is 25.7 Å². The summed E-state index contributed by atoms with van der Waals surface area (Å²) < 4.78 is 38.7. The van der Waals surface area contributed by atoms with Crippen molar-refractivity contribution in [3.8, 4) is 11.8 Å². The average Bonchev–Trinajstić information content (AvgIpc) is 3.96. The molecule has 15 heteroatoms. The Morgan fingerprint density at radius 3 is 2.59 bits per heavy atom. The van der Waals surface area contributed by atoms with E-state index in [1.807, 2.05) is 18.2 Å². The molecule has 1 aromatic rings. The zero-order chi connectivity index (χ0) is 36.7. The van der Waals surface area contributed by atoms with Crippen molar-refractivity contribution in [3.05, 3.63) is 47.5 Å². The van der Waals surface area contributed by atoms with E-state index in [-0.39, 0.29) is 32.5 Å². The van der Waals surface area contributed by atoms with Gasteiger partial charge in [-0.3, -0.25) is 24.0 Å². The third-order valence-electron chi connectivity index (χ3n) is 10.1. The molecule has 274 valence electrons. The lowest BCUT2D eigenvalue weighted by Crippen LogP contribution is -2.60. The predicted octanol–water partition coefficient (Wildman–Crippen LogP) is 2.45. The van der Waals surface area contributed by atoms with E-state index in [1.165, 1.54) is 11.0 Å². The van der Waals surface area contributed by atoms with Gasteiger partial charge in [0, 0.05) is 30.9 Å². The highest BCUT2D eigenvalue weighted by atomic mass is 32.2. The molecule has 2 saturated carbocycles. The van der Waals surface area contributed by atoms with E-state index in [9.17, 15) is 32.4 Å². The number of alkyl carbamates (subject to hydrolysis) is 1. The number of sulfonamides is 1.